The van der Waals surface area contributed by atoms with Crippen molar-refractivity contribution in [3.8, 4) is 62.6 Å². The number of para-hydroxylation sites is 8. The molecule has 130 heavy (non-hydrogen) atoms. The molecule has 12 heteroatoms. The Hall–Kier alpha value is -17.7. The smallest absolute Gasteiger partial charge is 0.236 e. The van der Waals surface area contributed by atoms with Crippen LogP contribution in [0, 0.1) is 0 Å². The van der Waals surface area contributed by atoms with Crippen LogP contribution < -0.4 is 0 Å². The molecule has 0 fully saturated rings. The van der Waals surface area contributed by atoms with Crippen molar-refractivity contribution in [2.75, 3.05) is 0 Å². The van der Waals surface area contributed by atoms with E-state index in [0.29, 0.717) is 51.1 Å². The first-order valence-corrected chi connectivity index (χ1v) is 44.2. The minimum absolute atomic E-state index is 0.476. The van der Waals surface area contributed by atoms with E-state index in [1.807, 2.05) is 24.3 Å². The summed E-state index contributed by atoms with van der Waals surface area (Å²) in [7, 11) is 0. The highest BCUT2D eigenvalue weighted by molar-refractivity contribution is 6.42. The van der Waals surface area contributed by atoms with Crippen molar-refractivity contribution in [3.05, 3.63) is 394 Å². The molecular formula is C118H65N9O3. The molecule has 0 bridgehead atoms. The van der Waals surface area contributed by atoms with Crippen LogP contribution in [-0.4, -0.2) is 42.8 Å². The molecule has 12 nitrogen and oxygen atoms in total. The van der Waals surface area contributed by atoms with Gasteiger partial charge in [0, 0.05) is 104 Å². The Balaban J connectivity index is 0.716. The van der Waals surface area contributed by atoms with Crippen LogP contribution in [0.15, 0.2) is 408 Å². The zero-order valence-electron chi connectivity index (χ0n) is 69.3. The van der Waals surface area contributed by atoms with Crippen LogP contribution in [0.5, 0.6) is 0 Å². The number of hydrogen-bond donors (Lipinski definition) is 0. The minimum Gasteiger partial charge on any atom is -0.455 e. The van der Waals surface area contributed by atoms with Crippen LogP contribution in [0.25, 0.3) is 292 Å². The SMILES string of the molecule is c1ccc(-n2c3ccccc3c3ccc(-c4nc(-n5c6ccccc6c6c7ccccc7c7c8c9cccc(-c%10ccc%11c%12c%13ccccc%13c%13c%14c%15ccccc%15ccc%14n(-c%14ccccc%14)c%13c%12n(-c%12nc(-c%13cccc%14c%13oc%13ccc%15ccccc%15c%13%14)c%13oc%14ccccc%14c%13n%12)c%11c%10)c9ccc8n(-c8ccccc8)c7c65)nc5c4oc4ccccc45)cc32)cc1. The maximum Gasteiger partial charge on any atom is 0.236 e. The summed E-state index contributed by atoms with van der Waals surface area (Å²) in [5.41, 5.74) is 23.9. The van der Waals surface area contributed by atoms with E-state index in [1.54, 1.807) is 0 Å². The van der Waals surface area contributed by atoms with E-state index in [4.69, 9.17) is 33.2 Å². The highest BCUT2D eigenvalue weighted by Gasteiger charge is 2.33. The number of fused-ring (bicyclic) bond motifs is 38. The Labute approximate surface area is 737 Å². The average molecular weight is 1660 g/mol. The number of furan rings is 3. The van der Waals surface area contributed by atoms with E-state index < -0.39 is 0 Å². The van der Waals surface area contributed by atoms with Crippen molar-refractivity contribution < 1.29 is 13.3 Å². The van der Waals surface area contributed by atoms with E-state index in [0.717, 1.165) is 224 Å². The Morgan fingerprint density at radius 2 is 0.569 bits per heavy atom. The van der Waals surface area contributed by atoms with Gasteiger partial charge in [-0.25, -0.2) is 19.9 Å². The zero-order valence-corrected chi connectivity index (χ0v) is 69.3. The van der Waals surface area contributed by atoms with Crippen molar-refractivity contribution in [1.29, 1.82) is 0 Å². The third-order valence-electron chi connectivity index (χ3n) is 27.8. The molecule has 600 valence electrons. The molecule has 10 aromatic heterocycles. The van der Waals surface area contributed by atoms with Crippen molar-refractivity contribution in [1.82, 2.24) is 42.8 Å². The molecule has 0 N–H and O–H groups in total. The lowest BCUT2D eigenvalue weighted by Crippen LogP contribution is -2.04. The molecule has 0 atom stereocenters. The third-order valence-corrected chi connectivity index (χ3v) is 27.8. The fourth-order valence-corrected chi connectivity index (χ4v) is 22.5. The predicted octanol–water partition coefficient (Wildman–Crippen LogP) is 31.2. The highest BCUT2D eigenvalue weighted by atomic mass is 16.3. The number of rotatable bonds is 8. The zero-order chi connectivity index (χ0) is 84.4. The molecule has 30 aromatic rings. The highest BCUT2D eigenvalue weighted by Crippen LogP contribution is 2.54. The fourth-order valence-electron chi connectivity index (χ4n) is 22.5. The Morgan fingerprint density at radius 3 is 1.19 bits per heavy atom. The molecule has 0 radical (unpaired) electrons. The van der Waals surface area contributed by atoms with Crippen molar-refractivity contribution in [3.63, 3.8) is 0 Å². The normalized spacial score (nSPS) is 12.5. The Morgan fingerprint density at radius 1 is 0.185 bits per heavy atom. The first-order chi connectivity index (χ1) is 64.5. The molecule has 0 saturated carbocycles. The second-order valence-electron chi connectivity index (χ2n) is 34.4. The number of benzene rings is 20. The summed E-state index contributed by atoms with van der Waals surface area (Å²) in [6.07, 6.45) is 0. The molecular weight excluding hydrogens is 1590 g/mol. The van der Waals surface area contributed by atoms with Gasteiger partial charge in [-0.3, -0.25) is 9.13 Å². The lowest BCUT2D eigenvalue weighted by Gasteiger charge is -2.14. The van der Waals surface area contributed by atoms with E-state index >= 15 is 0 Å². The Kier molecular flexibility index (Phi) is 13.9. The molecule has 10 heterocycles. The largest absolute Gasteiger partial charge is 0.455 e. The minimum atomic E-state index is 0.476. The van der Waals surface area contributed by atoms with E-state index in [-0.39, 0.29) is 0 Å². The van der Waals surface area contributed by atoms with Gasteiger partial charge in [0.1, 0.15) is 44.8 Å². The Bertz CT molecular complexity index is 10300. The first-order valence-electron chi connectivity index (χ1n) is 44.2. The molecule has 0 unspecified atom stereocenters. The second-order valence-corrected chi connectivity index (χ2v) is 34.4. The molecule has 0 spiro atoms. The number of aromatic nitrogens is 9. The number of hydrogen-bond acceptors (Lipinski definition) is 7. The summed E-state index contributed by atoms with van der Waals surface area (Å²) >= 11 is 0. The molecule has 0 aliphatic rings. The molecule has 30 rings (SSSR count). The average Bonchev–Trinajstić information content (AvgIpc) is 1.52. The van der Waals surface area contributed by atoms with Crippen molar-refractivity contribution in [2.45, 2.75) is 0 Å². The monoisotopic (exact) mass is 1660 g/mol. The molecule has 0 aliphatic carbocycles. The lowest BCUT2D eigenvalue weighted by atomic mass is 9.93. The van der Waals surface area contributed by atoms with Gasteiger partial charge in [-0.05, 0) is 174 Å². The van der Waals surface area contributed by atoms with Gasteiger partial charge >= 0.3 is 0 Å². The van der Waals surface area contributed by atoms with Gasteiger partial charge < -0.3 is 27.0 Å². The van der Waals surface area contributed by atoms with Crippen LogP contribution in [0.4, 0.5) is 0 Å². The van der Waals surface area contributed by atoms with Gasteiger partial charge in [0.05, 0.1) is 55.2 Å². The van der Waals surface area contributed by atoms with Gasteiger partial charge in [-0.2, -0.15) is 0 Å². The first kappa shape index (κ1) is 69.6. The fraction of sp³-hybridized carbons (Fsp3) is 0. The maximum absolute atomic E-state index is 7.18. The predicted molar refractivity (Wildman–Crippen MR) is 535 cm³/mol. The standard InChI is InChI=1S/C118H65N9O3/c1-4-30-70(31-5-1)123-90-50-22-18-38-77(90)78-58-55-69(65-94(78)123)106-115-107(86-44-20-24-52-96(86)128-115)120-117(119-106)126-91-51-23-19-43-84(91)100-80-39-14-17-42-83(80)105-103-79-47-26-46-73(76(79)60-62-93(103)125(113(105)110(100)126)72-34-8-3-9-35-72)68-54-59-85-95(64-68)127(111-101(85)81-40-15-16-41-82(81)104-102-75-37-13-11-28-66(75)56-61-92(102)124(112(104)111)71-32-6-2-7-33-71)118-121-108-87-45-21-25-53-97(87)129-116(108)109(122-118)89-49-27-48-88-99-74-36-12-10-29-67(74)57-63-98(99)130-114(88)89/h1-65H. The molecule has 0 amide bonds. The lowest BCUT2D eigenvalue weighted by molar-refractivity contribution is 0.662. The summed E-state index contributed by atoms with van der Waals surface area (Å²) in [6.45, 7) is 0. The van der Waals surface area contributed by atoms with Gasteiger partial charge in [-0.1, -0.05) is 285 Å². The third kappa shape index (κ3) is 9.35. The van der Waals surface area contributed by atoms with Crippen LogP contribution >= 0.6 is 0 Å². The topological polar surface area (TPSA) is 116 Å². The molecule has 0 saturated heterocycles. The van der Waals surface area contributed by atoms with Gasteiger partial charge in [0.25, 0.3) is 0 Å². The number of nitrogens with zero attached hydrogens (tertiary/aromatic N) is 9. The summed E-state index contributed by atoms with van der Waals surface area (Å²) in [4.78, 5) is 23.7. The van der Waals surface area contributed by atoms with Gasteiger partial charge in [0.15, 0.2) is 11.2 Å². The van der Waals surface area contributed by atoms with E-state index in [1.165, 1.54) is 16.2 Å². The van der Waals surface area contributed by atoms with E-state index in [9.17, 15) is 0 Å². The van der Waals surface area contributed by atoms with Gasteiger partial charge in [-0.15, -0.1) is 0 Å². The maximum atomic E-state index is 7.18. The molecule has 20 aromatic carbocycles. The van der Waals surface area contributed by atoms with Gasteiger partial charge in [0.2, 0.25) is 11.9 Å². The van der Waals surface area contributed by atoms with Crippen LogP contribution in [-0.2, 0) is 0 Å². The van der Waals surface area contributed by atoms with Crippen LogP contribution in [0.1, 0.15) is 0 Å². The summed E-state index contributed by atoms with van der Waals surface area (Å²) < 4.78 is 33.5. The van der Waals surface area contributed by atoms with E-state index in [2.05, 4.69) is 393 Å². The van der Waals surface area contributed by atoms with Crippen molar-refractivity contribution >= 4 is 229 Å². The van der Waals surface area contributed by atoms with Crippen LogP contribution in [0.2, 0.25) is 0 Å². The van der Waals surface area contributed by atoms with Crippen molar-refractivity contribution in [2.24, 2.45) is 0 Å². The second kappa shape index (κ2) is 26.0. The molecule has 0 aliphatic heterocycles. The van der Waals surface area contributed by atoms with Crippen LogP contribution in [0.3, 0.4) is 0 Å². The quantitative estimate of drug-likeness (QED) is 0.149. The summed E-state index contributed by atoms with van der Waals surface area (Å²) in [5, 5.41) is 26.2. The summed E-state index contributed by atoms with van der Waals surface area (Å²) in [6, 6.07) is 142. The summed E-state index contributed by atoms with van der Waals surface area (Å²) in [5.74, 6) is 0.996.